The van der Waals surface area contributed by atoms with Crippen molar-refractivity contribution in [3.05, 3.63) is 0 Å². The monoisotopic (exact) mass is 196 g/mol. The molecule has 3 amide bonds. The zero-order valence-corrected chi connectivity index (χ0v) is 8.59. The summed E-state index contributed by atoms with van der Waals surface area (Å²) >= 11 is 0. The van der Waals surface area contributed by atoms with Crippen molar-refractivity contribution in [2.45, 2.75) is 38.6 Å². The van der Waals surface area contributed by atoms with Gasteiger partial charge >= 0.3 is 6.03 Å². The second kappa shape index (κ2) is 2.97. The molecule has 0 aromatic rings. The van der Waals surface area contributed by atoms with E-state index in [-0.39, 0.29) is 11.9 Å². The maximum absolute atomic E-state index is 11.7. The number of hydrogen-bond acceptors (Lipinski definition) is 2. The maximum atomic E-state index is 11.7. The van der Waals surface area contributed by atoms with Crippen molar-refractivity contribution in [1.82, 2.24) is 10.6 Å². The Labute approximate surface area is 83.4 Å². The van der Waals surface area contributed by atoms with Gasteiger partial charge in [-0.25, -0.2) is 4.79 Å². The lowest BCUT2D eigenvalue weighted by Gasteiger charge is -2.37. The quantitative estimate of drug-likeness (QED) is 0.568. The Morgan fingerprint density at radius 3 is 2.21 bits per heavy atom. The highest BCUT2D eigenvalue weighted by Gasteiger charge is 2.49. The molecule has 0 aromatic carbocycles. The molecule has 2 atom stereocenters. The fourth-order valence-corrected chi connectivity index (χ4v) is 2.94. The summed E-state index contributed by atoms with van der Waals surface area (Å²) in [5.41, 5.74) is -0.603. The van der Waals surface area contributed by atoms with Crippen LogP contribution in [0, 0.1) is 11.8 Å². The molecule has 78 valence electrons. The SMILES string of the molecule is C[C@H]1C[C@H](C)CC2(C1)NC(=O)NC2=O. The molecular weight excluding hydrogens is 180 g/mol. The lowest BCUT2D eigenvalue weighted by atomic mass is 9.72. The Hall–Kier alpha value is -1.06. The van der Waals surface area contributed by atoms with Crippen molar-refractivity contribution >= 4 is 11.9 Å². The smallest absolute Gasteiger partial charge is 0.322 e. The van der Waals surface area contributed by atoms with E-state index in [4.69, 9.17) is 0 Å². The van der Waals surface area contributed by atoms with E-state index in [2.05, 4.69) is 24.5 Å². The third kappa shape index (κ3) is 1.38. The van der Waals surface area contributed by atoms with Gasteiger partial charge in [-0.3, -0.25) is 10.1 Å². The van der Waals surface area contributed by atoms with Crippen molar-refractivity contribution in [2.75, 3.05) is 0 Å². The van der Waals surface area contributed by atoms with Crippen LogP contribution < -0.4 is 10.6 Å². The van der Waals surface area contributed by atoms with Crippen LogP contribution in [0.3, 0.4) is 0 Å². The summed E-state index contributed by atoms with van der Waals surface area (Å²) in [6, 6.07) is -0.337. The minimum atomic E-state index is -0.603. The second-order valence-corrected chi connectivity index (χ2v) is 4.84. The van der Waals surface area contributed by atoms with Crippen molar-refractivity contribution in [2.24, 2.45) is 11.8 Å². The van der Waals surface area contributed by atoms with Gasteiger partial charge < -0.3 is 5.32 Å². The van der Waals surface area contributed by atoms with E-state index in [0.29, 0.717) is 11.8 Å². The predicted octanol–water partition coefficient (Wildman–Crippen LogP) is 1.02. The van der Waals surface area contributed by atoms with Crippen LogP contribution in [-0.4, -0.2) is 17.5 Å². The molecule has 4 nitrogen and oxygen atoms in total. The van der Waals surface area contributed by atoms with Crippen molar-refractivity contribution < 1.29 is 9.59 Å². The van der Waals surface area contributed by atoms with Crippen molar-refractivity contribution in [3.8, 4) is 0 Å². The molecular formula is C10H16N2O2. The number of nitrogens with one attached hydrogen (secondary N) is 2. The van der Waals surface area contributed by atoms with Crippen molar-refractivity contribution in [3.63, 3.8) is 0 Å². The minimum Gasteiger partial charge on any atom is -0.323 e. The van der Waals surface area contributed by atoms with Gasteiger partial charge in [-0.1, -0.05) is 13.8 Å². The van der Waals surface area contributed by atoms with E-state index < -0.39 is 5.54 Å². The highest BCUT2D eigenvalue weighted by atomic mass is 16.2. The summed E-state index contributed by atoms with van der Waals surface area (Å²) in [4.78, 5) is 22.8. The molecule has 0 bridgehead atoms. The topological polar surface area (TPSA) is 58.2 Å². The normalized spacial score (nSPS) is 42.4. The van der Waals surface area contributed by atoms with Crippen molar-refractivity contribution in [1.29, 1.82) is 0 Å². The molecule has 0 radical (unpaired) electrons. The summed E-state index contributed by atoms with van der Waals surface area (Å²) in [6.45, 7) is 4.27. The summed E-state index contributed by atoms with van der Waals surface area (Å²) < 4.78 is 0. The van der Waals surface area contributed by atoms with Crippen LogP contribution in [0.4, 0.5) is 4.79 Å². The highest BCUT2D eigenvalue weighted by Crippen LogP contribution is 2.37. The second-order valence-electron chi connectivity index (χ2n) is 4.84. The molecule has 1 heterocycles. The van der Waals surface area contributed by atoms with Crippen LogP contribution >= 0.6 is 0 Å². The first-order valence-corrected chi connectivity index (χ1v) is 5.15. The first-order chi connectivity index (χ1) is 6.52. The van der Waals surface area contributed by atoms with Gasteiger partial charge in [0.25, 0.3) is 5.91 Å². The van der Waals surface area contributed by atoms with Gasteiger partial charge in [-0.15, -0.1) is 0 Å². The van der Waals surface area contributed by atoms with Gasteiger partial charge in [0.2, 0.25) is 0 Å². The number of carbonyl (C=O) groups excluding carboxylic acids is 2. The van der Waals surface area contributed by atoms with Gasteiger partial charge in [0.05, 0.1) is 0 Å². The third-order valence-corrected chi connectivity index (χ3v) is 3.21. The fourth-order valence-electron chi connectivity index (χ4n) is 2.94. The van der Waals surface area contributed by atoms with Crippen LogP contribution in [-0.2, 0) is 4.79 Å². The molecule has 1 aliphatic heterocycles. The Morgan fingerprint density at radius 2 is 1.79 bits per heavy atom. The van der Waals surface area contributed by atoms with E-state index in [1.807, 2.05) is 0 Å². The number of carbonyl (C=O) groups is 2. The number of hydrogen-bond donors (Lipinski definition) is 2. The Bertz CT molecular complexity index is 278. The molecule has 2 aliphatic rings. The Balaban J connectivity index is 2.22. The first kappa shape index (κ1) is 9.49. The van der Waals surface area contributed by atoms with Crippen LogP contribution in [0.25, 0.3) is 0 Å². The lowest BCUT2D eigenvalue weighted by Crippen LogP contribution is -2.51. The van der Waals surface area contributed by atoms with E-state index in [1.165, 1.54) is 0 Å². The average molecular weight is 196 g/mol. The molecule has 1 aliphatic carbocycles. The summed E-state index contributed by atoms with van der Waals surface area (Å²) in [6.07, 6.45) is 2.69. The van der Waals surface area contributed by atoms with Gasteiger partial charge in [0.15, 0.2) is 0 Å². The van der Waals surface area contributed by atoms with Crippen LogP contribution in [0.15, 0.2) is 0 Å². The van der Waals surface area contributed by atoms with Crippen LogP contribution in [0.1, 0.15) is 33.1 Å². The van der Waals surface area contributed by atoms with Gasteiger partial charge in [0, 0.05) is 0 Å². The zero-order valence-electron chi connectivity index (χ0n) is 8.59. The maximum Gasteiger partial charge on any atom is 0.322 e. The predicted molar refractivity (Wildman–Crippen MR) is 51.6 cm³/mol. The molecule has 2 fully saturated rings. The number of rotatable bonds is 0. The largest absolute Gasteiger partial charge is 0.323 e. The molecule has 1 saturated heterocycles. The molecule has 4 heteroatoms. The van der Waals surface area contributed by atoms with Crippen LogP contribution in [0.5, 0.6) is 0 Å². The first-order valence-electron chi connectivity index (χ1n) is 5.15. The molecule has 1 saturated carbocycles. The zero-order chi connectivity index (χ0) is 10.3. The Morgan fingerprint density at radius 1 is 1.21 bits per heavy atom. The molecule has 1 spiro atoms. The summed E-state index contributed by atoms with van der Waals surface area (Å²) in [5, 5.41) is 5.11. The van der Waals surface area contributed by atoms with Gasteiger partial charge in [-0.05, 0) is 31.1 Å². The lowest BCUT2D eigenvalue weighted by molar-refractivity contribution is -0.126. The minimum absolute atomic E-state index is 0.138. The Kier molecular flexibility index (Phi) is 2.01. The summed E-state index contributed by atoms with van der Waals surface area (Å²) in [7, 11) is 0. The highest BCUT2D eigenvalue weighted by molar-refractivity contribution is 6.07. The molecule has 0 aromatic heterocycles. The third-order valence-electron chi connectivity index (χ3n) is 3.21. The molecule has 2 rings (SSSR count). The van der Waals surface area contributed by atoms with E-state index in [1.54, 1.807) is 0 Å². The van der Waals surface area contributed by atoms with Gasteiger partial charge in [-0.2, -0.15) is 0 Å². The number of amides is 3. The van der Waals surface area contributed by atoms with Crippen LogP contribution in [0.2, 0.25) is 0 Å². The average Bonchev–Trinajstić information content (AvgIpc) is 2.23. The number of urea groups is 1. The number of imide groups is 1. The fraction of sp³-hybridized carbons (Fsp3) is 0.800. The molecule has 14 heavy (non-hydrogen) atoms. The molecule has 2 N–H and O–H groups in total. The summed E-state index contributed by atoms with van der Waals surface area (Å²) in [5.74, 6) is 0.867. The van der Waals surface area contributed by atoms with E-state index >= 15 is 0 Å². The molecule has 0 unspecified atom stereocenters. The van der Waals surface area contributed by atoms with E-state index in [0.717, 1.165) is 19.3 Å². The van der Waals surface area contributed by atoms with E-state index in [9.17, 15) is 9.59 Å². The van der Waals surface area contributed by atoms with Gasteiger partial charge in [0.1, 0.15) is 5.54 Å². The standard InChI is InChI=1S/C10H16N2O2/c1-6-3-7(2)5-10(4-6)8(13)11-9(14)12-10/h6-7H,3-5H2,1-2H3,(H2,11,12,13,14)/t6-,7-/m0/s1.